The van der Waals surface area contributed by atoms with E-state index in [-0.39, 0.29) is 29.8 Å². The van der Waals surface area contributed by atoms with Crippen molar-refractivity contribution in [3.63, 3.8) is 0 Å². The molecule has 0 saturated heterocycles. The van der Waals surface area contributed by atoms with Crippen LogP contribution in [0.15, 0.2) is 42.5 Å². The van der Waals surface area contributed by atoms with E-state index < -0.39 is 0 Å². The van der Waals surface area contributed by atoms with E-state index in [0.29, 0.717) is 23.8 Å². The molecule has 32 heavy (non-hydrogen) atoms. The van der Waals surface area contributed by atoms with Gasteiger partial charge in [-0.3, -0.25) is 9.59 Å². The van der Waals surface area contributed by atoms with Crippen molar-refractivity contribution in [1.29, 1.82) is 0 Å². The number of rotatable bonds is 5. The van der Waals surface area contributed by atoms with Gasteiger partial charge in [-0.15, -0.1) is 0 Å². The third-order valence-corrected chi connectivity index (χ3v) is 7.22. The van der Waals surface area contributed by atoms with Gasteiger partial charge in [0.2, 0.25) is 0 Å². The van der Waals surface area contributed by atoms with E-state index in [1.165, 1.54) is 36.8 Å². The van der Waals surface area contributed by atoms with Gasteiger partial charge in [0.05, 0.1) is 6.42 Å². The van der Waals surface area contributed by atoms with E-state index in [0.717, 1.165) is 18.4 Å². The second-order valence-electron chi connectivity index (χ2n) is 9.45. The molecule has 5 nitrogen and oxygen atoms in total. The highest BCUT2D eigenvalue weighted by atomic mass is 16.5. The molecule has 0 spiro atoms. The molecular formula is C27H33NO4. The molecule has 4 rings (SSSR count). The first-order valence-corrected chi connectivity index (χ1v) is 11.8. The van der Waals surface area contributed by atoms with Crippen LogP contribution in [0.25, 0.3) is 0 Å². The summed E-state index contributed by atoms with van der Waals surface area (Å²) >= 11 is 0. The van der Waals surface area contributed by atoms with Crippen molar-refractivity contribution in [2.45, 2.75) is 76.7 Å². The molecule has 3 atom stereocenters. The van der Waals surface area contributed by atoms with E-state index in [2.05, 4.69) is 13.0 Å². The summed E-state index contributed by atoms with van der Waals surface area (Å²) in [5, 5.41) is 0. The number of carbonyl (C=O) groups is 2. The van der Waals surface area contributed by atoms with Crippen LogP contribution in [0.3, 0.4) is 0 Å². The predicted octanol–water partition coefficient (Wildman–Crippen LogP) is 4.87. The summed E-state index contributed by atoms with van der Waals surface area (Å²) in [6.07, 6.45) is 7.46. The number of hydrogen-bond acceptors (Lipinski definition) is 5. The van der Waals surface area contributed by atoms with Crippen LogP contribution in [0.5, 0.6) is 11.5 Å². The van der Waals surface area contributed by atoms with Crippen LogP contribution in [0.4, 0.5) is 0 Å². The largest absolute Gasteiger partial charge is 0.427 e. The molecule has 0 radical (unpaired) electrons. The van der Waals surface area contributed by atoms with Crippen LogP contribution in [0.1, 0.15) is 69.1 Å². The lowest BCUT2D eigenvalue weighted by molar-refractivity contribution is -0.134. The minimum absolute atomic E-state index is 0.0765. The summed E-state index contributed by atoms with van der Waals surface area (Å²) in [6, 6.07) is 13.2. The fraction of sp³-hybridized carbons (Fsp3) is 0.481. The summed E-state index contributed by atoms with van der Waals surface area (Å²) in [4.78, 5) is 24.0. The number of benzene rings is 2. The summed E-state index contributed by atoms with van der Waals surface area (Å²) in [5.41, 5.74) is 10.1. The Hall–Kier alpha value is -2.66. The van der Waals surface area contributed by atoms with E-state index in [9.17, 15) is 9.59 Å². The number of carbonyl (C=O) groups excluding carboxylic acids is 2. The van der Waals surface area contributed by atoms with Crippen LogP contribution >= 0.6 is 0 Å². The summed E-state index contributed by atoms with van der Waals surface area (Å²) in [7, 11) is 0. The first kappa shape index (κ1) is 22.5. The molecule has 170 valence electrons. The fourth-order valence-corrected chi connectivity index (χ4v) is 5.31. The number of fused-ring (bicyclic) bond motifs is 4. The van der Waals surface area contributed by atoms with Crippen molar-refractivity contribution >= 4 is 11.9 Å². The van der Waals surface area contributed by atoms with Crippen LogP contribution in [-0.2, 0) is 27.8 Å². The molecule has 1 fully saturated rings. The van der Waals surface area contributed by atoms with Crippen LogP contribution in [0.2, 0.25) is 0 Å². The van der Waals surface area contributed by atoms with Crippen LogP contribution in [-0.4, -0.2) is 18.0 Å². The molecule has 5 heteroatoms. The molecule has 2 aliphatic rings. The zero-order valence-electron chi connectivity index (χ0n) is 19.1. The second kappa shape index (κ2) is 9.45. The molecule has 0 heterocycles. The molecule has 0 amide bonds. The normalized spacial score (nSPS) is 24.6. The quantitative estimate of drug-likeness (QED) is 0.535. The van der Waals surface area contributed by atoms with Gasteiger partial charge >= 0.3 is 11.9 Å². The minimum atomic E-state index is -0.316. The molecule has 2 aromatic carbocycles. The maximum atomic E-state index is 12.6. The fourth-order valence-electron chi connectivity index (χ4n) is 5.31. The maximum absolute atomic E-state index is 12.6. The van der Waals surface area contributed by atoms with Gasteiger partial charge in [0.25, 0.3) is 0 Å². The van der Waals surface area contributed by atoms with Crippen molar-refractivity contribution in [2.24, 2.45) is 11.7 Å². The van der Waals surface area contributed by atoms with Crippen molar-refractivity contribution in [3.8, 4) is 11.5 Å². The van der Waals surface area contributed by atoms with Gasteiger partial charge in [0.1, 0.15) is 11.5 Å². The Balaban J connectivity index is 1.46. The summed E-state index contributed by atoms with van der Waals surface area (Å²) in [6.45, 7) is 4.03. The lowest BCUT2D eigenvalue weighted by Crippen LogP contribution is -2.52. The van der Waals surface area contributed by atoms with Crippen LogP contribution in [0, 0.1) is 5.92 Å². The Labute approximate surface area is 190 Å². The lowest BCUT2D eigenvalue weighted by Gasteiger charge is -2.47. The molecule has 0 aliphatic heterocycles. The van der Waals surface area contributed by atoms with Crippen molar-refractivity contribution in [3.05, 3.63) is 59.2 Å². The maximum Gasteiger partial charge on any atom is 0.315 e. The standard InChI is InChI=1S/C27H33NO4/c1-3-24(29)31-21-11-8-18(9-12-21)15-25(30)32-22-13-10-19-16-20-7-5-4-6-14-27(2,26(20)28)23(19)17-22/h8-13,17,20,26H,3-7,14-16,28H2,1-2H3/t20-,26-,27+/m0/s1. The van der Waals surface area contributed by atoms with Gasteiger partial charge in [0, 0.05) is 17.9 Å². The Bertz CT molecular complexity index is 984. The van der Waals surface area contributed by atoms with Gasteiger partial charge in [-0.05, 0) is 66.1 Å². The molecule has 2 aliphatic carbocycles. The second-order valence-corrected chi connectivity index (χ2v) is 9.45. The van der Waals surface area contributed by atoms with Gasteiger partial charge in [-0.25, -0.2) is 0 Å². The molecule has 2 bridgehead atoms. The van der Waals surface area contributed by atoms with Crippen molar-refractivity contribution in [2.75, 3.05) is 0 Å². The van der Waals surface area contributed by atoms with Gasteiger partial charge < -0.3 is 15.2 Å². The molecule has 1 saturated carbocycles. The Morgan fingerprint density at radius 3 is 2.47 bits per heavy atom. The predicted molar refractivity (Wildman–Crippen MR) is 124 cm³/mol. The third kappa shape index (κ3) is 4.73. The summed E-state index contributed by atoms with van der Waals surface area (Å²) < 4.78 is 10.9. The molecular weight excluding hydrogens is 402 g/mol. The van der Waals surface area contributed by atoms with Crippen molar-refractivity contribution in [1.82, 2.24) is 0 Å². The Kier molecular flexibility index (Phi) is 6.66. The van der Waals surface area contributed by atoms with E-state index in [1.54, 1.807) is 31.2 Å². The average molecular weight is 436 g/mol. The molecule has 2 N–H and O–H groups in total. The first-order valence-electron chi connectivity index (χ1n) is 11.8. The zero-order chi connectivity index (χ0) is 22.7. The Morgan fingerprint density at radius 1 is 1.00 bits per heavy atom. The topological polar surface area (TPSA) is 78.6 Å². The molecule has 0 aromatic heterocycles. The van der Waals surface area contributed by atoms with Gasteiger partial charge in [0.15, 0.2) is 0 Å². The number of hydrogen-bond donors (Lipinski definition) is 1. The number of nitrogens with two attached hydrogens (primary N) is 1. The Morgan fingerprint density at radius 2 is 1.72 bits per heavy atom. The smallest absolute Gasteiger partial charge is 0.315 e. The highest BCUT2D eigenvalue weighted by Gasteiger charge is 2.43. The highest BCUT2D eigenvalue weighted by molar-refractivity contribution is 5.75. The highest BCUT2D eigenvalue weighted by Crippen LogP contribution is 2.46. The van der Waals surface area contributed by atoms with Gasteiger partial charge in [-0.1, -0.05) is 51.3 Å². The SMILES string of the molecule is CCC(=O)Oc1ccc(CC(=O)Oc2ccc3c(c2)[C@@]2(C)CCCCC[C@@H](C3)[C@@H]2N)cc1. The summed E-state index contributed by atoms with van der Waals surface area (Å²) in [5.74, 6) is 0.986. The average Bonchev–Trinajstić information content (AvgIpc) is 2.78. The lowest BCUT2D eigenvalue weighted by atomic mass is 9.60. The van der Waals surface area contributed by atoms with Crippen molar-refractivity contribution < 1.29 is 19.1 Å². The van der Waals surface area contributed by atoms with E-state index in [4.69, 9.17) is 15.2 Å². The minimum Gasteiger partial charge on any atom is -0.427 e. The zero-order valence-corrected chi connectivity index (χ0v) is 19.1. The molecule has 2 aromatic rings. The van der Waals surface area contributed by atoms with E-state index >= 15 is 0 Å². The number of ether oxygens (including phenoxy) is 2. The third-order valence-electron chi connectivity index (χ3n) is 7.22. The number of esters is 2. The monoisotopic (exact) mass is 435 g/mol. The van der Waals surface area contributed by atoms with Crippen LogP contribution < -0.4 is 15.2 Å². The van der Waals surface area contributed by atoms with E-state index in [1.807, 2.05) is 12.1 Å². The molecule has 0 unspecified atom stereocenters. The first-order chi connectivity index (χ1) is 15.4. The van der Waals surface area contributed by atoms with Gasteiger partial charge in [-0.2, -0.15) is 0 Å².